The molecule has 0 aliphatic heterocycles. The number of nitrogens with zero attached hydrogens (tertiary/aromatic N) is 3. The van der Waals surface area contributed by atoms with Gasteiger partial charge in [0.15, 0.2) is 11.0 Å². The monoisotopic (exact) mass is 360 g/mol. The molecular weight excluding hydrogens is 332 g/mol. The highest BCUT2D eigenvalue weighted by Gasteiger charge is 2.17. The zero-order valence-electron chi connectivity index (χ0n) is 16.0. The first-order chi connectivity index (χ1) is 11.7. The van der Waals surface area contributed by atoms with E-state index in [-0.39, 0.29) is 17.4 Å². The largest absolute Gasteiger partial charge is 0.353 e. The first-order valence-corrected chi connectivity index (χ1v) is 9.67. The number of nitrogens with one attached hydrogen (secondary N) is 1. The van der Waals surface area contributed by atoms with Crippen molar-refractivity contribution in [1.82, 2.24) is 20.1 Å². The van der Waals surface area contributed by atoms with Gasteiger partial charge in [0.2, 0.25) is 5.91 Å². The molecule has 136 valence electrons. The molecule has 1 aromatic heterocycles. The van der Waals surface area contributed by atoms with E-state index in [1.807, 2.05) is 13.8 Å². The minimum Gasteiger partial charge on any atom is -0.353 e. The third-order valence-electron chi connectivity index (χ3n) is 3.82. The normalized spacial score (nSPS) is 11.8. The van der Waals surface area contributed by atoms with Crippen LogP contribution in [-0.4, -0.2) is 32.5 Å². The molecule has 0 fully saturated rings. The van der Waals surface area contributed by atoms with Gasteiger partial charge in [-0.3, -0.25) is 4.79 Å². The van der Waals surface area contributed by atoms with E-state index < -0.39 is 0 Å². The van der Waals surface area contributed by atoms with Gasteiger partial charge >= 0.3 is 0 Å². The Morgan fingerprint density at radius 3 is 2.36 bits per heavy atom. The summed E-state index contributed by atoms with van der Waals surface area (Å²) in [6.07, 6.45) is 0. The molecule has 0 saturated heterocycles. The van der Waals surface area contributed by atoms with E-state index in [1.165, 1.54) is 17.3 Å². The number of aromatic nitrogens is 3. The summed E-state index contributed by atoms with van der Waals surface area (Å²) in [5.41, 5.74) is 2.46. The van der Waals surface area contributed by atoms with Crippen LogP contribution in [0.3, 0.4) is 0 Å². The van der Waals surface area contributed by atoms with E-state index in [1.54, 1.807) is 0 Å². The average molecular weight is 361 g/mol. The smallest absolute Gasteiger partial charge is 0.230 e. The van der Waals surface area contributed by atoms with Crippen LogP contribution in [-0.2, 0) is 16.8 Å². The summed E-state index contributed by atoms with van der Waals surface area (Å²) in [6.45, 7) is 13.3. The Kier molecular flexibility index (Phi) is 6.27. The van der Waals surface area contributed by atoms with Gasteiger partial charge in [-0.05, 0) is 31.7 Å². The van der Waals surface area contributed by atoms with Crippen LogP contribution < -0.4 is 5.32 Å². The van der Waals surface area contributed by atoms with Crippen LogP contribution >= 0.6 is 11.8 Å². The van der Waals surface area contributed by atoms with Crippen molar-refractivity contribution in [2.75, 3.05) is 5.75 Å². The van der Waals surface area contributed by atoms with Crippen LogP contribution in [0.15, 0.2) is 29.4 Å². The van der Waals surface area contributed by atoms with Crippen LogP contribution in [0.2, 0.25) is 0 Å². The minimum atomic E-state index is 0.0155. The summed E-state index contributed by atoms with van der Waals surface area (Å²) in [5.74, 6) is 1.20. The number of thioether (sulfide) groups is 1. The molecule has 6 heteroatoms. The van der Waals surface area contributed by atoms with Gasteiger partial charge in [-0.2, -0.15) is 0 Å². The molecule has 0 aliphatic rings. The van der Waals surface area contributed by atoms with Gasteiger partial charge in [0.1, 0.15) is 0 Å². The van der Waals surface area contributed by atoms with Gasteiger partial charge in [0, 0.05) is 18.2 Å². The van der Waals surface area contributed by atoms with Gasteiger partial charge in [-0.1, -0.05) is 56.8 Å². The Bertz CT molecular complexity index is 714. The van der Waals surface area contributed by atoms with E-state index in [0.717, 1.165) is 23.1 Å². The highest BCUT2D eigenvalue weighted by atomic mass is 32.2. The molecular formula is C19H28N4OS. The van der Waals surface area contributed by atoms with E-state index >= 15 is 0 Å². The van der Waals surface area contributed by atoms with Crippen molar-refractivity contribution in [1.29, 1.82) is 0 Å². The molecule has 1 heterocycles. The SMILES string of the molecule is CCn1c(SCC(=O)NC(C)C)nnc1-c1ccc(C(C)(C)C)cc1. The maximum Gasteiger partial charge on any atom is 0.230 e. The lowest BCUT2D eigenvalue weighted by Gasteiger charge is -2.19. The van der Waals surface area contributed by atoms with Gasteiger partial charge < -0.3 is 9.88 Å². The van der Waals surface area contributed by atoms with Crippen molar-refractivity contribution in [2.45, 2.75) is 64.7 Å². The lowest BCUT2D eigenvalue weighted by molar-refractivity contribution is -0.119. The predicted molar refractivity (Wildman–Crippen MR) is 104 cm³/mol. The van der Waals surface area contributed by atoms with Crippen molar-refractivity contribution >= 4 is 17.7 Å². The Labute approximate surface area is 154 Å². The standard InChI is InChI=1S/C19H28N4OS/c1-7-23-17(14-8-10-15(11-9-14)19(4,5)6)21-22-18(23)25-12-16(24)20-13(2)3/h8-11,13H,7,12H2,1-6H3,(H,20,24). The third kappa shape index (κ3) is 5.08. The number of carbonyl (C=O) groups excluding carboxylic acids is 1. The first kappa shape index (κ1) is 19.5. The van der Waals surface area contributed by atoms with Crippen molar-refractivity contribution in [3.8, 4) is 11.4 Å². The molecule has 2 aromatic rings. The fourth-order valence-corrected chi connectivity index (χ4v) is 3.32. The van der Waals surface area contributed by atoms with Crippen LogP contribution in [0.1, 0.15) is 47.1 Å². The molecule has 1 N–H and O–H groups in total. The van der Waals surface area contributed by atoms with E-state index in [0.29, 0.717) is 5.75 Å². The van der Waals surface area contributed by atoms with Crippen molar-refractivity contribution in [3.05, 3.63) is 29.8 Å². The van der Waals surface area contributed by atoms with Crippen LogP contribution in [0.5, 0.6) is 0 Å². The minimum absolute atomic E-state index is 0.0155. The topological polar surface area (TPSA) is 59.8 Å². The first-order valence-electron chi connectivity index (χ1n) is 8.68. The summed E-state index contributed by atoms with van der Waals surface area (Å²) >= 11 is 1.42. The Morgan fingerprint density at radius 1 is 1.20 bits per heavy atom. The Balaban J connectivity index is 2.17. The van der Waals surface area contributed by atoms with E-state index in [4.69, 9.17) is 0 Å². The van der Waals surface area contributed by atoms with Crippen LogP contribution in [0, 0.1) is 0 Å². The summed E-state index contributed by atoms with van der Waals surface area (Å²) in [4.78, 5) is 11.8. The fraction of sp³-hybridized carbons (Fsp3) is 0.526. The number of carbonyl (C=O) groups is 1. The van der Waals surface area contributed by atoms with E-state index in [9.17, 15) is 4.79 Å². The van der Waals surface area contributed by atoms with Crippen molar-refractivity contribution < 1.29 is 4.79 Å². The quantitative estimate of drug-likeness (QED) is 0.794. The summed E-state index contributed by atoms with van der Waals surface area (Å²) < 4.78 is 2.05. The summed E-state index contributed by atoms with van der Waals surface area (Å²) in [6, 6.07) is 8.63. The number of amides is 1. The number of hydrogen-bond donors (Lipinski definition) is 1. The lowest BCUT2D eigenvalue weighted by Crippen LogP contribution is -2.31. The van der Waals surface area contributed by atoms with E-state index in [2.05, 4.69) is 72.0 Å². The molecule has 0 spiro atoms. The highest BCUT2D eigenvalue weighted by molar-refractivity contribution is 7.99. The predicted octanol–water partition coefficient (Wildman–Crippen LogP) is 3.88. The zero-order chi connectivity index (χ0) is 18.6. The third-order valence-corrected chi connectivity index (χ3v) is 4.79. The Morgan fingerprint density at radius 2 is 1.84 bits per heavy atom. The average Bonchev–Trinajstić information content (AvgIpc) is 2.94. The van der Waals surface area contributed by atoms with Crippen molar-refractivity contribution in [3.63, 3.8) is 0 Å². The molecule has 0 atom stereocenters. The molecule has 25 heavy (non-hydrogen) atoms. The number of benzene rings is 1. The zero-order valence-corrected chi connectivity index (χ0v) is 16.8. The molecule has 0 radical (unpaired) electrons. The Hall–Kier alpha value is -1.82. The van der Waals surface area contributed by atoms with Gasteiger partial charge in [-0.15, -0.1) is 10.2 Å². The number of rotatable bonds is 6. The van der Waals surface area contributed by atoms with Gasteiger partial charge in [0.25, 0.3) is 0 Å². The van der Waals surface area contributed by atoms with Crippen molar-refractivity contribution in [2.24, 2.45) is 0 Å². The highest BCUT2D eigenvalue weighted by Crippen LogP contribution is 2.27. The molecule has 0 unspecified atom stereocenters. The molecule has 2 rings (SSSR count). The fourth-order valence-electron chi connectivity index (χ4n) is 2.51. The van der Waals surface area contributed by atoms with Gasteiger partial charge in [0.05, 0.1) is 5.75 Å². The summed E-state index contributed by atoms with van der Waals surface area (Å²) in [5, 5.41) is 12.3. The molecule has 5 nitrogen and oxygen atoms in total. The second kappa shape index (κ2) is 8.04. The van der Waals surface area contributed by atoms with Crippen LogP contribution in [0.4, 0.5) is 0 Å². The second-order valence-corrected chi connectivity index (χ2v) is 8.33. The lowest BCUT2D eigenvalue weighted by atomic mass is 9.87. The molecule has 1 amide bonds. The second-order valence-electron chi connectivity index (χ2n) is 7.39. The van der Waals surface area contributed by atoms with Gasteiger partial charge in [-0.25, -0.2) is 0 Å². The maximum absolute atomic E-state index is 11.8. The number of hydrogen-bond acceptors (Lipinski definition) is 4. The maximum atomic E-state index is 11.8. The molecule has 0 saturated carbocycles. The molecule has 0 aliphatic carbocycles. The molecule has 0 bridgehead atoms. The van der Waals surface area contributed by atoms with Crippen LogP contribution in [0.25, 0.3) is 11.4 Å². The molecule has 1 aromatic carbocycles. The summed E-state index contributed by atoms with van der Waals surface area (Å²) in [7, 11) is 0.